The van der Waals surface area contributed by atoms with E-state index >= 15 is 0 Å². The lowest BCUT2D eigenvalue weighted by Crippen LogP contribution is -2.19. The third kappa shape index (κ3) is 3.59. The number of benzene rings is 2. The summed E-state index contributed by atoms with van der Waals surface area (Å²) < 4.78 is 1.03. The molecule has 3 nitrogen and oxygen atoms in total. The predicted molar refractivity (Wildman–Crippen MR) is 92.6 cm³/mol. The Bertz CT molecular complexity index is 728. The van der Waals surface area contributed by atoms with E-state index in [0.717, 1.165) is 20.6 Å². The van der Waals surface area contributed by atoms with Crippen LogP contribution in [0.3, 0.4) is 0 Å². The van der Waals surface area contributed by atoms with Crippen molar-refractivity contribution in [3.8, 4) is 0 Å². The second kappa shape index (κ2) is 6.67. The largest absolute Gasteiger partial charge is 0.326 e. The first-order valence-corrected chi connectivity index (χ1v) is 8.74. The summed E-state index contributed by atoms with van der Waals surface area (Å²) in [7, 11) is 0. The Labute approximate surface area is 141 Å². The molecular formula is C17H14BrNO2S. The van der Waals surface area contributed by atoms with Gasteiger partial charge in [0, 0.05) is 27.0 Å². The highest BCUT2D eigenvalue weighted by atomic mass is 79.9. The molecule has 1 heterocycles. The summed E-state index contributed by atoms with van der Waals surface area (Å²) >= 11 is 4.92. The van der Waals surface area contributed by atoms with Crippen LogP contribution in [0.1, 0.15) is 22.3 Å². The zero-order valence-corrected chi connectivity index (χ0v) is 14.2. The first-order valence-electron chi connectivity index (χ1n) is 6.96. The van der Waals surface area contributed by atoms with Gasteiger partial charge in [0.05, 0.1) is 5.75 Å². The van der Waals surface area contributed by atoms with Gasteiger partial charge in [0.2, 0.25) is 5.91 Å². The molecule has 0 radical (unpaired) electrons. The van der Waals surface area contributed by atoms with Crippen molar-refractivity contribution in [1.29, 1.82) is 0 Å². The van der Waals surface area contributed by atoms with Gasteiger partial charge in [-0.3, -0.25) is 9.59 Å². The number of rotatable bonds is 4. The molecule has 0 fully saturated rings. The molecule has 1 N–H and O–H groups in total. The standard InChI is InChI=1S/C17H14BrNO2S/c18-13-3-5-14(6-4-13)22-10-16(20)12-1-7-15-11(9-12)2-8-17(21)19-15/h1,3-7,9H,2,8,10H2,(H,19,21). The van der Waals surface area contributed by atoms with Gasteiger partial charge in [-0.25, -0.2) is 0 Å². The first-order chi connectivity index (χ1) is 10.6. The molecule has 0 atom stereocenters. The highest BCUT2D eigenvalue weighted by Crippen LogP contribution is 2.25. The topological polar surface area (TPSA) is 46.2 Å². The van der Waals surface area contributed by atoms with Crippen molar-refractivity contribution >= 4 is 45.1 Å². The zero-order valence-electron chi connectivity index (χ0n) is 11.8. The predicted octanol–water partition coefficient (Wildman–Crippen LogP) is 4.31. The molecule has 1 aliphatic heterocycles. The summed E-state index contributed by atoms with van der Waals surface area (Å²) in [5.74, 6) is 0.553. The Morgan fingerprint density at radius 3 is 2.68 bits per heavy atom. The highest BCUT2D eigenvalue weighted by molar-refractivity contribution is 9.10. The normalized spacial score (nSPS) is 13.4. The fourth-order valence-electron chi connectivity index (χ4n) is 2.32. The number of amides is 1. The molecule has 112 valence electrons. The molecule has 2 aromatic rings. The first kappa shape index (κ1) is 15.3. The number of halogens is 1. The van der Waals surface area contributed by atoms with Crippen molar-refractivity contribution in [2.24, 2.45) is 0 Å². The fraction of sp³-hybridized carbons (Fsp3) is 0.176. The second-order valence-electron chi connectivity index (χ2n) is 5.09. The molecule has 0 saturated heterocycles. The highest BCUT2D eigenvalue weighted by Gasteiger charge is 2.16. The average Bonchev–Trinajstić information content (AvgIpc) is 2.53. The molecule has 0 unspecified atom stereocenters. The van der Waals surface area contributed by atoms with E-state index in [2.05, 4.69) is 21.2 Å². The van der Waals surface area contributed by atoms with Crippen LogP contribution < -0.4 is 5.32 Å². The molecule has 5 heteroatoms. The van der Waals surface area contributed by atoms with E-state index in [4.69, 9.17) is 0 Å². The molecular weight excluding hydrogens is 362 g/mol. The lowest BCUT2D eigenvalue weighted by molar-refractivity contribution is -0.116. The van der Waals surface area contributed by atoms with Gasteiger partial charge in [-0.2, -0.15) is 0 Å². The summed E-state index contributed by atoms with van der Waals surface area (Å²) in [4.78, 5) is 24.7. The number of hydrogen-bond donors (Lipinski definition) is 1. The van der Waals surface area contributed by atoms with Gasteiger partial charge in [-0.05, 0) is 54.4 Å². The molecule has 0 aliphatic carbocycles. The Morgan fingerprint density at radius 1 is 1.14 bits per heavy atom. The SMILES string of the molecule is O=C1CCc2cc(C(=O)CSc3ccc(Br)cc3)ccc2N1. The maximum absolute atomic E-state index is 12.3. The van der Waals surface area contributed by atoms with Crippen molar-refractivity contribution in [3.63, 3.8) is 0 Å². The summed E-state index contributed by atoms with van der Waals surface area (Å²) in [5.41, 5.74) is 2.58. The van der Waals surface area contributed by atoms with E-state index in [1.165, 1.54) is 11.8 Å². The number of nitrogens with one attached hydrogen (secondary N) is 1. The minimum absolute atomic E-state index is 0.0392. The number of anilines is 1. The number of hydrogen-bond acceptors (Lipinski definition) is 3. The second-order valence-corrected chi connectivity index (χ2v) is 7.05. The van der Waals surface area contributed by atoms with Crippen LogP contribution in [0.5, 0.6) is 0 Å². The van der Waals surface area contributed by atoms with Gasteiger partial charge in [-0.15, -0.1) is 11.8 Å². The number of fused-ring (bicyclic) bond motifs is 1. The quantitative estimate of drug-likeness (QED) is 0.639. The van der Waals surface area contributed by atoms with E-state index in [0.29, 0.717) is 24.2 Å². The number of Topliss-reactive ketones (excluding diaryl/α,β-unsaturated/α-hetero) is 1. The number of thioether (sulfide) groups is 1. The van der Waals surface area contributed by atoms with Crippen LogP contribution in [0.25, 0.3) is 0 Å². The van der Waals surface area contributed by atoms with Crippen LogP contribution in [-0.4, -0.2) is 17.4 Å². The third-order valence-corrected chi connectivity index (χ3v) is 5.05. The van der Waals surface area contributed by atoms with E-state index < -0.39 is 0 Å². The number of carbonyl (C=O) groups is 2. The van der Waals surface area contributed by atoms with E-state index in [-0.39, 0.29) is 11.7 Å². The number of aryl methyl sites for hydroxylation is 1. The van der Waals surface area contributed by atoms with Crippen molar-refractivity contribution in [2.45, 2.75) is 17.7 Å². The Hall–Kier alpha value is -1.59. The Balaban J connectivity index is 1.67. The average molecular weight is 376 g/mol. The summed E-state index contributed by atoms with van der Waals surface area (Å²) in [5, 5.41) is 2.83. The van der Waals surface area contributed by atoms with Gasteiger partial charge in [0.25, 0.3) is 0 Å². The van der Waals surface area contributed by atoms with E-state index in [9.17, 15) is 9.59 Å². The fourth-order valence-corrected chi connectivity index (χ4v) is 3.38. The van der Waals surface area contributed by atoms with Crippen molar-refractivity contribution in [2.75, 3.05) is 11.1 Å². The van der Waals surface area contributed by atoms with Crippen molar-refractivity contribution in [1.82, 2.24) is 0 Å². The van der Waals surface area contributed by atoms with Gasteiger partial charge >= 0.3 is 0 Å². The van der Waals surface area contributed by atoms with Crippen LogP contribution in [0.4, 0.5) is 5.69 Å². The van der Waals surface area contributed by atoms with Gasteiger partial charge in [0.15, 0.2) is 5.78 Å². The molecule has 1 amide bonds. The van der Waals surface area contributed by atoms with Crippen LogP contribution in [0, 0.1) is 0 Å². The molecule has 0 bridgehead atoms. The van der Waals surface area contributed by atoms with Crippen LogP contribution >= 0.6 is 27.7 Å². The maximum Gasteiger partial charge on any atom is 0.224 e. The number of carbonyl (C=O) groups excluding carboxylic acids is 2. The van der Waals surface area contributed by atoms with Crippen LogP contribution in [0.15, 0.2) is 51.8 Å². The number of ketones is 1. The molecule has 0 saturated carbocycles. The molecule has 22 heavy (non-hydrogen) atoms. The van der Waals surface area contributed by atoms with Gasteiger partial charge in [-0.1, -0.05) is 15.9 Å². The maximum atomic E-state index is 12.3. The zero-order chi connectivity index (χ0) is 15.5. The molecule has 3 rings (SSSR count). The van der Waals surface area contributed by atoms with Crippen LogP contribution in [0.2, 0.25) is 0 Å². The lowest BCUT2D eigenvalue weighted by Gasteiger charge is -2.17. The Morgan fingerprint density at radius 2 is 1.91 bits per heavy atom. The molecule has 1 aliphatic rings. The monoisotopic (exact) mass is 375 g/mol. The van der Waals surface area contributed by atoms with Crippen molar-refractivity contribution < 1.29 is 9.59 Å². The molecule has 0 aromatic heterocycles. The van der Waals surface area contributed by atoms with Gasteiger partial charge in [0.1, 0.15) is 0 Å². The molecule has 2 aromatic carbocycles. The third-order valence-electron chi connectivity index (χ3n) is 3.51. The summed E-state index contributed by atoms with van der Waals surface area (Å²) in [6.45, 7) is 0. The van der Waals surface area contributed by atoms with E-state index in [1.54, 1.807) is 6.07 Å². The minimum atomic E-state index is 0.0392. The van der Waals surface area contributed by atoms with Gasteiger partial charge < -0.3 is 5.32 Å². The smallest absolute Gasteiger partial charge is 0.224 e. The van der Waals surface area contributed by atoms with E-state index in [1.807, 2.05) is 36.4 Å². The Kier molecular flexibility index (Phi) is 4.64. The molecule has 0 spiro atoms. The summed E-state index contributed by atoms with van der Waals surface area (Å²) in [6, 6.07) is 13.4. The van der Waals surface area contributed by atoms with Crippen LogP contribution in [-0.2, 0) is 11.2 Å². The van der Waals surface area contributed by atoms with Crippen molar-refractivity contribution in [3.05, 3.63) is 58.1 Å². The lowest BCUT2D eigenvalue weighted by atomic mass is 9.99. The minimum Gasteiger partial charge on any atom is -0.326 e. The summed E-state index contributed by atoms with van der Waals surface area (Å²) in [6.07, 6.45) is 1.18.